The standard InChI is InChI=1S/C11H18O5/c1-3-5-8-15-10(13)6-7-11(14)16-9(12)4-2/h6-7,9,12H,3-5,8H2,1-2H3. The summed E-state index contributed by atoms with van der Waals surface area (Å²) in [6.45, 7) is 3.99. The number of hydrogen-bond donors (Lipinski definition) is 1. The molecule has 5 heteroatoms. The molecule has 0 spiro atoms. The van der Waals surface area contributed by atoms with Crippen molar-refractivity contribution < 1.29 is 24.2 Å². The van der Waals surface area contributed by atoms with Crippen molar-refractivity contribution in [1.29, 1.82) is 0 Å². The van der Waals surface area contributed by atoms with Crippen molar-refractivity contribution in [3.8, 4) is 0 Å². The van der Waals surface area contributed by atoms with E-state index in [4.69, 9.17) is 9.84 Å². The number of carbonyl (C=O) groups excluding carboxylic acids is 2. The highest BCUT2D eigenvalue weighted by molar-refractivity contribution is 5.91. The van der Waals surface area contributed by atoms with Gasteiger partial charge in [0.05, 0.1) is 6.61 Å². The molecule has 1 unspecified atom stereocenters. The van der Waals surface area contributed by atoms with Crippen molar-refractivity contribution in [3.63, 3.8) is 0 Å². The van der Waals surface area contributed by atoms with Gasteiger partial charge in [-0.1, -0.05) is 20.3 Å². The third-order valence-corrected chi connectivity index (χ3v) is 1.70. The first-order chi connectivity index (χ1) is 7.60. The van der Waals surface area contributed by atoms with E-state index in [-0.39, 0.29) is 0 Å². The summed E-state index contributed by atoms with van der Waals surface area (Å²) >= 11 is 0. The Kier molecular flexibility index (Phi) is 8.15. The molecule has 16 heavy (non-hydrogen) atoms. The van der Waals surface area contributed by atoms with Crippen molar-refractivity contribution in [1.82, 2.24) is 0 Å². The second kappa shape index (κ2) is 8.91. The maximum absolute atomic E-state index is 11.0. The van der Waals surface area contributed by atoms with Crippen molar-refractivity contribution in [2.75, 3.05) is 6.61 Å². The maximum atomic E-state index is 11.0. The molecule has 0 aromatic carbocycles. The first-order valence-electron chi connectivity index (χ1n) is 5.33. The minimum absolute atomic E-state index is 0.306. The molecule has 0 aliphatic heterocycles. The van der Waals surface area contributed by atoms with E-state index >= 15 is 0 Å². The molecular weight excluding hydrogens is 212 g/mol. The molecule has 0 amide bonds. The highest BCUT2D eigenvalue weighted by Gasteiger charge is 2.06. The van der Waals surface area contributed by atoms with E-state index in [1.807, 2.05) is 6.92 Å². The predicted octanol–water partition coefficient (Wildman–Crippen LogP) is 1.16. The predicted molar refractivity (Wildman–Crippen MR) is 57.4 cm³/mol. The van der Waals surface area contributed by atoms with Gasteiger partial charge in [0.2, 0.25) is 6.29 Å². The first-order valence-corrected chi connectivity index (χ1v) is 5.33. The topological polar surface area (TPSA) is 72.8 Å². The van der Waals surface area contributed by atoms with Crippen LogP contribution in [0.1, 0.15) is 33.1 Å². The zero-order valence-electron chi connectivity index (χ0n) is 9.64. The van der Waals surface area contributed by atoms with Gasteiger partial charge in [-0.2, -0.15) is 0 Å². The second-order valence-electron chi connectivity index (χ2n) is 3.15. The van der Waals surface area contributed by atoms with Gasteiger partial charge in [0.15, 0.2) is 0 Å². The minimum atomic E-state index is -1.13. The second-order valence-corrected chi connectivity index (χ2v) is 3.15. The lowest BCUT2D eigenvalue weighted by molar-refractivity contribution is -0.162. The number of ether oxygens (including phenoxy) is 2. The van der Waals surface area contributed by atoms with E-state index < -0.39 is 18.2 Å². The molecule has 0 bridgehead atoms. The summed E-state index contributed by atoms with van der Waals surface area (Å²) in [5, 5.41) is 8.97. The maximum Gasteiger partial charge on any atom is 0.333 e. The quantitative estimate of drug-likeness (QED) is 0.307. The number of rotatable bonds is 7. The van der Waals surface area contributed by atoms with E-state index in [0.29, 0.717) is 13.0 Å². The van der Waals surface area contributed by atoms with Gasteiger partial charge in [0.25, 0.3) is 0 Å². The van der Waals surface area contributed by atoms with Crippen LogP contribution < -0.4 is 0 Å². The fourth-order valence-electron chi connectivity index (χ4n) is 0.758. The Morgan fingerprint density at radius 1 is 1.25 bits per heavy atom. The molecule has 0 aliphatic rings. The van der Waals surface area contributed by atoms with Crippen molar-refractivity contribution in [3.05, 3.63) is 12.2 Å². The van der Waals surface area contributed by atoms with Crippen molar-refractivity contribution >= 4 is 11.9 Å². The van der Waals surface area contributed by atoms with Crippen LogP contribution >= 0.6 is 0 Å². The van der Waals surface area contributed by atoms with Crippen molar-refractivity contribution in [2.24, 2.45) is 0 Å². The van der Waals surface area contributed by atoms with Crippen LogP contribution in [0.25, 0.3) is 0 Å². The molecular formula is C11H18O5. The zero-order valence-corrected chi connectivity index (χ0v) is 9.64. The summed E-state index contributed by atoms with van der Waals surface area (Å²) in [5.74, 6) is -1.35. The van der Waals surface area contributed by atoms with E-state index in [0.717, 1.165) is 25.0 Å². The van der Waals surface area contributed by atoms with Gasteiger partial charge in [-0.3, -0.25) is 0 Å². The monoisotopic (exact) mass is 230 g/mol. The number of aliphatic hydroxyl groups excluding tert-OH is 1. The third kappa shape index (κ3) is 7.99. The summed E-state index contributed by atoms with van der Waals surface area (Å²) in [6.07, 6.45) is 2.82. The summed E-state index contributed by atoms with van der Waals surface area (Å²) < 4.78 is 9.27. The van der Waals surface area contributed by atoms with E-state index in [9.17, 15) is 9.59 Å². The number of aliphatic hydroxyl groups is 1. The molecule has 1 atom stereocenters. The molecule has 0 aliphatic carbocycles. The van der Waals surface area contributed by atoms with Gasteiger partial charge in [0, 0.05) is 18.6 Å². The van der Waals surface area contributed by atoms with E-state index in [1.54, 1.807) is 6.92 Å². The van der Waals surface area contributed by atoms with Crippen molar-refractivity contribution in [2.45, 2.75) is 39.4 Å². The van der Waals surface area contributed by atoms with Crippen LogP contribution in [0.2, 0.25) is 0 Å². The third-order valence-electron chi connectivity index (χ3n) is 1.70. The molecule has 0 aromatic heterocycles. The van der Waals surface area contributed by atoms with E-state index in [1.165, 1.54) is 0 Å². The molecule has 5 nitrogen and oxygen atoms in total. The van der Waals surface area contributed by atoms with Gasteiger partial charge < -0.3 is 14.6 Å². The molecule has 0 saturated carbocycles. The molecule has 1 N–H and O–H groups in total. The average Bonchev–Trinajstić information content (AvgIpc) is 2.26. The molecule has 0 heterocycles. The highest BCUT2D eigenvalue weighted by Crippen LogP contribution is 1.95. The highest BCUT2D eigenvalue weighted by atomic mass is 16.6. The Balaban J connectivity index is 3.80. The van der Waals surface area contributed by atoms with Crippen LogP contribution in [0, 0.1) is 0 Å². The molecule has 0 rings (SSSR count). The summed E-state index contributed by atoms with van der Waals surface area (Å²) in [7, 11) is 0. The smallest absolute Gasteiger partial charge is 0.333 e. The minimum Gasteiger partial charge on any atom is -0.463 e. The fraction of sp³-hybridized carbons (Fsp3) is 0.636. The summed E-state index contributed by atoms with van der Waals surface area (Å²) in [4.78, 5) is 22.0. The van der Waals surface area contributed by atoms with E-state index in [2.05, 4.69) is 4.74 Å². The van der Waals surface area contributed by atoms with Gasteiger partial charge in [-0.15, -0.1) is 0 Å². The largest absolute Gasteiger partial charge is 0.463 e. The fourth-order valence-corrected chi connectivity index (χ4v) is 0.758. The Hall–Kier alpha value is -1.36. The van der Waals surface area contributed by atoms with Crippen LogP contribution in [-0.2, 0) is 19.1 Å². The van der Waals surface area contributed by atoms with Gasteiger partial charge >= 0.3 is 11.9 Å². The molecule has 0 fully saturated rings. The first kappa shape index (κ1) is 14.6. The van der Waals surface area contributed by atoms with Crippen LogP contribution in [0.4, 0.5) is 0 Å². The number of esters is 2. The lowest BCUT2D eigenvalue weighted by Crippen LogP contribution is -2.15. The molecule has 0 saturated heterocycles. The molecule has 92 valence electrons. The van der Waals surface area contributed by atoms with Gasteiger partial charge in [0.1, 0.15) is 0 Å². The van der Waals surface area contributed by atoms with Crippen LogP contribution in [0.15, 0.2) is 12.2 Å². The van der Waals surface area contributed by atoms with Crippen LogP contribution in [0.5, 0.6) is 0 Å². The summed E-state index contributed by atoms with van der Waals surface area (Å²) in [6, 6.07) is 0. The molecule has 0 aromatic rings. The number of unbranched alkanes of at least 4 members (excludes halogenated alkanes) is 1. The lowest BCUT2D eigenvalue weighted by atomic mass is 10.4. The summed E-state index contributed by atoms with van der Waals surface area (Å²) in [5.41, 5.74) is 0. The molecule has 0 radical (unpaired) electrons. The van der Waals surface area contributed by atoms with Gasteiger partial charge in [-0.05, 0) is 6.42 Å². The van der Waals surface area contributed by atoms with Crippen LogP contribution in [0.3, 0.4) is 0 Å². The average molecular weight is 230 g/mol. The van der Waals surface area contributed by atoms with Gasteiger partial charge in [-0.25, -0.2) is 9.59 Å². The number of hydrogen-bond acceptors (Lipinski definition) is 5. The zero-order chi connectivity index (χ0) is 12.4. The Morgan fingerprint density at radius 3 is 2.44 bits per heavy atom. The number of carbonyl (C=O) groups is 2. The normalized spacial score (nSPS) is 12.4. The van der Waals surface area contributed by atoms with Crippen LogP contribution in [-0.4, -0.2) is 29.9 Å². The lowest BCUT2D eigenvalue weighted by Gasteiger charge is -2.06. The SMILES string of the molecule is CCCCOC(=O)C=CC(=O)OC(O)CC. The Labute approximate surface area is 95.0 Å². The Bertz CT molecular complexity index is 247. The Morgan fingerprint density at radius 2 is 1.88 bits per heavy atom.